The summed E-state index contributed by atoms with van der Waals surface area (Å²) in [5.74, 6) is -0.685. The zero-order chi connectivity index (χ0) is 10.0. The third kappa shape index (κ3) is 1.80. The largest absolute Gasteiger partial charge is 0.317 e. The van der Waals surface area contributed by atoms with Crippen LogP contribution < -0.4 is 0 Å². The van der Waals surface area contributed by atoms with Crippen molar-refractivity contribution in [3.63, 3.8) is 0 Å². The topological polar surface area (TPSA) is 46.5 Å². The minimum Gasteiger partial charge on any atom is -0.263 e. The van der Waals surface area contributed by atoms with E-state index in [-0.39, 0.29) is 0 Å². The van der Waals surface area contributed by atoms with Crippen LogP contribution in [-0.4, -0.2) is 5.91 Å². The van der Waals surface area contributed by atoms with Crippen LogP contribution in [0.4, 0.5) is 0 Å². The number of hydrogen-bond acceptors (Lipinski definition) is 2. The fraction of sp³-hybridized carbons (Fsp3) is 0.300. The van der Waals surface area contributed by atoms with Gasteiger partial charge in [-0.25, -0.2) is 0 Å². The third-order valence-corrected chi connectivity index (χ3v) is 1.97. The molecule has 1 aromatic carbocycles. The van der Waals surface area contributed by atoms with E-state index in [1.165, 1.54) is 0 Å². The van der Waals surface area contributed by atoms with Crippen LogP contribution in [0.1, 0.15) is 27.0 Å². The summed E-state index contributed by atoms with van der Waals surface area (Å²) in [6.45, 7) is 5.55. The van der Waals surface area contributed by atoms with Gasteiger partial charge in [-0.15, -0.1) is 4.91 Å². The number of amides is 1. The first kappa shape index (κ1) is 9.58. The number of benzene rings is 1. The van der Waals surface area contributed by atoms with E-state index in [0.29, 0.717) is 5.56 Å². The Labute approximate surface area is 76.7 Å². The van der Waals surface area contributed by atoms with E-state index in [4.69, 9.17) is 0 Å². The van der Waals surface area contributed by atoms with E-state index in [1.807, 2.05) is 19.1 Å². The summed E-state index contributed by atoms with van der Waals surface area (Å²) in [7, 11) is 0. The molecule has 1 rings (SSSR count). The maximum atomic E-state index is 11.1. The van der Waals surface area contributed by atoms with Crippen LogP contribution in [-0.2, 0) is 0 Å². The van der Waals surface area contributed by atoms with Gasteiger partial charge in [0, 0.05) is 5.18 Å². The highest BCUT2D eigenvalue weighted by atomic mass is 16.3. The molecule has 1 amide bonds. The summed E-state index contributed by atoms with van der Waals surface area (Å²) in [4.78, 5) is 21.2. The van der Waals surface area contributed by atoms with Gasteiger partial charge in [-0.05, 0) is 31.9 Å². The van der Waals surface area contributed by atoms with Gasteiger partial charge in [0.05, 0.1) is 5.56 Å². The molecule has 0 atom stereocenters. The predicted molar refractivity (Wildman–Crippen MR) is 50.8 cm³/mol. The van der Waals surface area contributed by atoms with Gasteiger partial charge in [-0.3, -0.25) is 4.79 Å². The molecular weight excluding hydrogens is 166 g/mol. The van der Waals surface area contributed by atoms with Crippen molar-refractivity contribution < 1.29 is 4.79 Å². The van der Waals surface area contributed by atoms with Gasteiger partial charge in [0.1, 0.15) is 0 Å². The Morgan fingerprint density at radius 1 is 1.15 bits per heavy atom. The normalized spacial score (nSPS) is 9.77. The molecule has 0 bridgehead atoms. The molecule has 13 heavy (non-hydrogen) atoms. The molecule has 0 fully saturated rings. The molecule has 3 heteroatoms. The second-order valence-electron chi connectivity index (χ2n) is 3.17. The summed E-state index contributed by atoms with van der Waals surface area (Å²) in [5.41, 5.74) is 3.13. The molecule has 3 nitrogen and oxygen atoms in total. The van der Waals surface area contributed by atoms with E-state index in [9.17, 15) is 9.70 Å². The minimum absolute atomic E-state index is 0.431. The predicted octanol–water partition coefficient (Wildman–Crippen LogP) is 2.52. The summed E-state index contributed by atoms with van der Waals surface area (Å²) < 4.78 is 0. The smallest absolute Gasteiger partial charge is 0.263 e. The number of rotatable bonds is 1. The molecule has 1 aromatic rings. The molecule has 0 saturated carbocycles. The summed E-state index contributed by atoms with van der Waals surface area (Å²) >= 11 is 0. The van der Waals surface area contributed by atoms with Crippen molar-refractivity contribution in [3.05, 3.63) is 39.3 Å². The summed E-state index contributed by atoms with van der Waals surface area (Å²) in [5, 5.41) is 2.42. The Balaban J connectivity index is 3.36. The molecule has 0 aliphatic carbocycles. The van der Waals surface area contributed by atoms with Crippen molar-refractivity contribution in [1.82, 2.24) is 0 Å². The lowest BCUT2D eigenvalue weighted by Gasteiger charge is -2.05. The first-order chi connectivity index (χ1) is 6.06. The van der Waals surface area contributed by atoms with E-state index in [1.54, 1.807) is 13.8 Å². The van der Waals surface area contributed by atoms with Crippen LogP contribution in [0, 0.1) is 25.7 Å². The molecule has 0 aliphatic heterocycles. The molecule has 0 N–H and O–H groups in total. The lowest BCUT2D eigenvalue weighted by atomic mass is 9.99. The Morgan fingerprint density at radius 2 is 1.62 bits per heavy atom. The first-order valence-corrected chi connectivity index (χ1v) is 4.02. The van der Waals surface area contributed by atoms with E-state index < -0.39 is 5.91 Å². The van der Waals surface area contributed by atoms with Crippen molar-refractivity contribution in [3.8, 4) is 0 Å². The number of aryl methyl sites for hydroxylation is 3. The van der Waals surface area contributed by atoms with Crippen LogP contribution in [0.5, 0.6) is 0 Å². The molecule has 0 spiro atoms. The van der Waals surface area contributed by atoms with Gasteiger partial charge < -0.3 is 0 Å². The number of hydrogen-bond donors (Lipinski definition) is 0. The summed E-state index contributed by atoms with van der Waals surface area (Å²) in [6, 6.07) is 3.73. The zero-order valence-corrected chi connectivity index (χ0v) is 7.92. The van der Waals surface area contributed by atoms with Crippen molar-refractivity contribution in [2.45, 2.75) is 20.8 Å². The average Bonchev–Trinajstić information content (AvgIpc) is 2.02. The quantitative estimate of drug-likeness (QED) is 0.619. The van der Waals surface area contributed by atoms with Crippen LogP contribution in [0.25, 0.3) is 0 Å². The molecule has 0 saturated heterocycles. The molecular formula is C10H11NO2. The highest BCUT2D eigenvalue weighted by molar-refractivity contribution is 5.97. The number of carbonyl (C=O) groups excluding carboxylic acids is 1. The molecule has 0 radical (unpaired) electrons. The Morgan fingerprint density at radius 3 is 2.00 bits per heavy atom. The lowest BCUT2D eigenvalue weighted by Crippen LogP contribution is -2.01. The van der Waals surface area contributed by atoms with Gasteiger partial charge in [-0.1, -0.05) is 17.7 Å². The van der Waals surface area contributed by atoms with Gasteiger partial charge in [0.15, 0.2) is 0 Å². The highest BCUT2D eigenvalue weighted by Crippen LogP contribution is 2.16. The number of nitroso groups, excluding NO2 is 1. The SMILES string of the molecule is Cc1cc(C)c(C(=O)N=O)c(C)c1. The van der Waals surface area contributed by atoms with Crippen molar-refractivity contribution in [1.29, 1.82) is 0 Å². The average molecular weight is 177 g/mol. The molecule has 0 aromatic heterocycles. The standard InChI is InChI=1S/C10H11NO2/c1-6-4-7(2)9(8(3)5-6)10(12)11-13/h4-5H,1-3H3. The zero-order valence-electron chi connectivity index (χ0n) is 7.92. The van der Waals surface area contributed by atoms with Gasteiger partial charge in [0.2, 0.25) is 0 Å². The molecule has 68 valence electrons. The van der Waals surface area contributed by atoms with Crippen molar-refractivity contribution in [2.75, 3.05) is 0 Å². The Hall–Kier alpha value is -1.51. The van der Waals surface area contributed by atoms with E-state index >= 15 is 0 Å². The fourth-order valence-electron chi connectivity index (χ4n) is 1.56. The monoisotopic (exact) mass is 177 g/mol. The molecule has 0 aliphatic rings. The Bertz CT molecular complexity index is 346. The second kappa shape index (κ2) is 3.47. The van der Waals surface area contributed by atoms with Crippen molar-refractivity contribution in [2.24, 2.45) is 5.18 Å². The van der Waals surface area contributed by atoms with Crippen molar-refractivity contribution >= 4 is 5.91 Å². The first-order valence-electron chi connectivity index (χ1n) is 4.02. The van der Waals surface area contributed by atoms with Gasteiger partial charge in [0.25, 0.3) is 0 Å². The Kier molecular flexibility index (Phi) is 2.56. The fourth-order valence-corrected chi connectivity index (χ4v) is 1.56. The summed E-state index contributed by atoms with van der Waals surface area (Å²) in [6.07, 6.45) is 0. The van der Waals surface area contributed by atoms with Crippen LogP contribution >= 0.6 is 0 Å². The second-order valence-corrected chi connectivity index (χ2v) is 3.17. The third-order valence-electron chi connectivity index (χ3n) is 1.97. The number of nitrogens with zero attached hydrogens (tertiary/aromatic N) is 1. The van der Waals surface area contributed by atoms with E-state index in [0.717, 1.165) is 16.7 Å². The molecule has 0 unspecified atom stereocenters. The lowest BCUT2D eigenvalue weighted by molar-refractivity contribution is 0.0999. The van der Waals surface area contributed by atoms with Gasteiger partial charge in [-0.2, -0.15) is 0 Å². The van der Waals surface area contributed by atoms with Gasteiger partial charge >= 0.3 is 5.91 Å². The van der Waals surface area contributed by atoms with Crippen LogP contribution in [0.2, 0.25) is 0 Å². The van der Waals surface area contributed by atoms with Crippen LogP contribution in [0.15, 0.2) is 17.3 Å². The van der Waals surface area contributed by atoms with Crippen LogP contribution in [0.3, 0.4) is 0 Å². The number of carbonyl (C=O) groups is 1. The molecule has 0 heterocycles. The maximum absolute atomic E-state index is 11.1. The minimum atomic E-state index is -0.685. The van der Waals surface area contributed by atoms with E-state index in [2.05, 4.69) is 5.18 Å². The maximum Gasteiger partial charge on any atom is 0.317 e. The highest BCUT2D eigenvalue weighted by Gasteiger charge is 2.12.